The van der Waals surface area contributed by atoms with Gasteiger partial charge in [0.2, 0.25) is 5.91 Å². The lowest BCUT2D eigenvalue weighted by atomic mass is 10.2. The highest BCUT2D eigenvalue weighted by molar-refractivity contribution is 7.80. The number of benzene rings is 2. The summed E-state index contributed by atoms with van der Waals surface area (Å²) in [5, 5.41) is 8.30. The Morgan fingerprint density at radius 2 is 1.68 bits per heavy atom. The first-order chi connectivity index (χ1) is 11.9. The molecule has 0 saturated carbocycles. The van der Waals surface area contributed by atoms with Crippen molar-refractivity contribution < 1.29 is 14.3 Å². The number of carbonyl (C=O) groups excluding carboxylic acids is 2. The van der Waals surface area contributed by atoms with Gasteiger partial charge in [-0.05, 0) is 61.1 Å². The summed E-state index contributed by atoms with van der Waals surface area (Å²) in [5.41, 5.74) is 2.40. The number of thiocarbonyl (C=S) groups is 1. The molecule has 2 amide bonds. The Morgan fingerprint density at radius 1 is 1.04 bits per heavy atom. The van der Waals surface area contributed by atoms with E-state index in [1.54, 1.807) is 30.3 Å². The molecule has 0 aliphatic carbocycles. The summed E-state index contributed by atoms with van der Waals surface area (Å²) in [6, 6.07) is 14.4. The number of rotatable bonds is 5. The van der Waals surface area contributed by atoms with E-state index < -0.39 is 0 Å². The molecule has 2 aromatic carbocycles. The molecule has 6 nitrogen and oxygen atoms in total. The molecule has 2 aromatic rings. The molecule has 0 spiro atoms. The molecule has 130 valence electrons. The Kier molecular flexibility index (Phi) is 6.47. The molecule has 0 bridgehead atoms. The van der Waals surface area contributed by atoms with Gasteiger partial charge in [-0.1, -0.05) is 12.1 Å². The molecule has 3 N–H and O–H groups in total. The maximum atomic E-state index is 11.9. The second-order valence-electron chi connectivity index (χ2n) is 5.37. The summed E-state index contributed by atoms with van der Waals surface area (Å²) in [4.78, 5) is 22.8. The van der Waals surface area contributed by atoms with Crippen LogP contribution in [0.3, 0.4) is 0 Å². The van der Waals surface area contributed by atoms with Gasteiger partial charge in [0.05, 0.1) is 0 Å². The average Bonchev–Trinajstić information content (AvgIpc) is 2.54. The first-order valence-corrected chi connectivity index (χ1v) is 8.01. The Balaban J connectivity index is 1.82. The molecule has 0 aromatic heterocycles. The van der Waals surface area contributed by atoms with E-state index in [4.69, 9.17) is 17.0 Å². The fraction of sp³-hybridized carbons (Fsp3) is 0.167. The third-order valence-electron chi connectivity index (χ3n) is 3.08. The van der Waals surface area contributed by atoms with E-state index in [1.165, 1.54) is 6.92 Å². The van der Waals surface area contributed by atoms with Gasteiger partial charge >= 0.3 is 0 Å². The molecule has 0 fully saturated rings. The Labute approximate surface area is 151 Å². The summed E-state index contributed by atoms with van der Waals surface area (Å²) in [7, 11) is 0. The lowest BCUT2D eigenvalue weighted by Gasteiger charge is -2.10. The zero-order valence-electron chi connectivity index (χ0n) is 14.0. The molecule has 0 atom stereocenters. The Morgan fingerprint density at radius 3 is 2.28 bits per heavy atom. The number of hydrogen-bond acceptors (Lipinski definition) is 4. The molecule has 0 aliphatic rings. The molecular weight excluding hydrogens is 338 g/mol. The van der Waals surface area contributed by atoms with Crippen LogP contribution in [0.15, 0.2) is 48.5 Å². The summed E-state index contributed by atoms with van der Waals surface area (Å²) < 4.78 is 5.45. The molecule has 2 rings (SSSR count). The zero-order chi connectivity index (χ0) is 18.2. The third-order valence-corrected chi connectivity index (χ3v) is 3.28. The molecule has 0 radical (unpaired) electrons. The minimum Gasteiger partial charge on any atom is -0.484 e. The number of nitrogens with one attached hydrogen (secondary N) is 3. The van der Waals surface area contributed by atoms with Crippen LogP contribution in [0.4, 0.5) is 11.4 Å². The highest BCUT2D eigenvalue weighted by Crippen LogP contribution is 2.15. The summed E-state index contributed by atoms with van der Waals surface area (Å²) in [5.74, 6) is 0.159. The van der Waals surface area contributed by atoms with Gasteiger partial charge in [0.15, 0.2) is 11.7 Å². The van der Waals surface area contributed by atoms with Crippen LogP contribution in [0.2, 0.25) is 0 Å². The van der Waals surface area contributed by atoms with Crippen molar-refractivity contribution in [2.75, 3.05) is 17.2 Å². The number of anilines is 2. The normalized spacial score (nSPS) is 9.84. The minimum absolute atomic E-state index is 0.0733. The number of amides is 2. The minimum atomic E-state index is -0.254. The number of hydrogen-bond donors (Lipinski definition) is 3. The van der Waals surface area contributed by atoms with E-state index in [-0.39, 0.29) is 23.5 Å². The van der Waals surface area contributed by atoms with Crippen LogP contribution in [0, 0.1) is 6.92 Å². The quantitative estimate of drug-likeness (QED) is 0.717. The van der Waals surface area contributed by atoms with Crippen molar-refractivity contribution >= 4 is 40.5 Å². The van der Waals surface area contributed by atoms with Crippen LogP contribution in [-0.4, -0.2) is 23.5 Å². The predicted octanol–water partition coefficient (Wildman–Crippen LogP) is 2.85. The van der Waals surface area contributed by atoms with Crippen molar-refractivity contribution in [3.8, 4) is 5.75 Å². The second kappa shape index (κ2) is 8.79. The number of aryl methyl sites for hydroxylation is 1. The van der Waals surface area contributed by atoms with Gasteiger partial charge in [0, 0.05) is 18.3 Å². The van der Waals surface area contributed by atoms with Crippen molar-refractivity contribution in [2.24, 2.45) is 0 Å². The van der Waals surface area contributed by atoms with Crippen LogP contribution in [0.1, 0.15) is 12.5 Å². The van der Waals surface area contributed by atoms with E-state index in [2.05, 4.69) is 16.0 Å². The van der Waals surface area contributed by atoms with E-state index in [0.717, 1.165) is 5.56 Å². The Hall–Kier alpha value is -2.93. The fourth-order valence-electron chi connectivity index (χ4n) is 2.01. The lowest BCUT2D eigenvalue weighted by Crippen LogP contribution is -2.32. The van der Waals surface area contributed by atoms with Gasteiger partial charge in [-0.2, -0.15) is 0 Å². The standard InChI is InChI=1S/C18H19N3O3S/c1-12-4-3-5-16(10-12)24-11-17(23)20-14-6-8-15(9-7-14)21-18(25)19-13(2)22/h3-10H,11H2,1-2H3,(H,20,23)(H2,19,21,22,25). The monoisotopic (exact) mass is 357 g/mol. The van der Waals surface area contributed by atoms with Gasteiger partial charge in [-0.15, -0.1) is 0 Å². The smallest absolute Gasteiger partial charge is 0.262 e. The topological polar surface area (TPSA) is 79.5 Å². The Bertz CT molecular complexity index is 775. The van der Waals surface area contributed by atoms with Gasteiger partial charge in [-0.3, -0.25) is 9.59 Å². The first kappa shape index (κ1) is 18.4. The molecular formula is C18H19N3O3S. The first-order valence-electron chi connectivity index (χ1n) is 7.60. The van der Waals surface area contributed by atoms with E-state index in [1.807, 2.05) is 25.1 Å². The predicted molar refractivity (Wildman–Crippen MR) is 102 cm³/mol. The van der Waals surface area contributed by atoms with E-state index in [0.29, 0.717) is 17.1 Å². The van der Waals surface area contributed by atoms with Crippen LogP contribution >= 0.6 is 12.2 Å². The van der Waals surface area contributed by atoms with Crippen LogP contribution in [0.5, 0.6) is 5.75 Å². The lowest BCUT2D eigenvalue weighted by molar-refractivity contribution is -0.118. The highest BCUT2D eigenvalue weighted by Gasteiger charge is 2.05. The largest absolute Gasteiger partial charge is 0.484 e. The van der Waals surface area contributed by atoms with Crippen LogP contribution in [0.25, 0.3) is 0 Å². The van der Waals surface area contributed by atoms with E-state index >= 15 is 0 Å². The zero-order valence-corrected chi connectivity index (χ0v) is 14.8. The van der Waals surface area contributed by atoms with Crippen LogP contribution in [-0.2, 0) is 9.59 Å². The molecule has 0 aliphatic heterocycles. The summed E-state index contributed by atoms with van der Waals surface area (Å²) >= 11 is 4.98. The van der Waals surface area contributed by atoms with E-state index in [9.17, 15) is 9.59 Å². The summed E-state index contributed by atoms with van der Waals surface area (Å²) in [6.45, 7) is 3.27. The highest BCUT2D eigenvalue weighted by atomic mass is 32.1. The average molecular weight is 357 g/mol. The summed E-state index contributed by atoms with van der Waals surface area (Å²) in [6.07, 6.45) is 0. The van der Waals surface area contributed by atoms with Crippen molar-refractivity contribution in [1.29, 1.82) is 0 Å². The number of ether oxygens (including phenoxy) is 1. The number of carbonyl (C=O) groups is 2. The van der Waals surface area contributed by atoms with Gasteiger partial charge in [-0.25, -0.2) is 0 Å². The molecule has 7 heteroatoms. The van der Waals surface area contributed by atoms with Gasteiger partial charge < -0.3 is 20.7 Å². The molecule has 0 saturated heterocycles. The van der Waals surface area contributed by atoms with Crippen molar-refractivity contribution in [2.45, 2.75) is 13.8 Å². The molecule has 0 unspecified atom stereocenters. The van der Waals surface area contributed by atoms with Gasteiger partial charge in [0.1, 0.15) is 5.75 Å². The van der Waals surface area contributed by atoms with Crippen LogP contribution < -0.4 is 20.7 Å². The van der Waals surface area contributed by atoms with Crippen molar-refractivity contribution in [3.05, 3.63) is 54.1 Å². The SMILES string of the molecule is CC(=O)NC(=S)Nc1ccc(NC(=O)COc2cccc(C)c2)cc1. The van der Waals surface area contributed by atoms with Gasteiger partial charge in [0.25, 0.3) is 5.91 Å². The molecule has 0 heterocycles. The second-order valence-corrected chi connectivity index (χ2v) is 5.77. The van der Waals surface area contributed by atoms with Crippen molar-refractivity contribution in [1.82, 2.24) is 5.32 Å². The maximum absolute atomic E-state index is 11.9. The maximum Gasteiger partial charge on any atom is 0.262 e. The van der Waals surface area contributed by atoms with Crippen molar-refractivity contribution in [3.63, 3.8) is 0 Å². The third kappa shape index (κ3) is 6.60. The fourth-order valence-corrected chi connectivity index (χ4v) is 2.27. The molecule has 25 heavy (non-hydrogen) atoms.